The van der Waals surface area contributed by atoms with Crippen molar-refractivity contribution in [3.05, 3.63) is 17.5 Å². The van der Waals surface area contributed by atoms with Gasteiger partial charge in [-0.05, 0) is 19.4 Å². The molecule has 1 heterocycles. The van der Waals surface area contributed by atoms with Crippen molar-refractivity contribution in [2.45, 2.75) is 32.7 Å². The van der Waals surface area contributed by atoms with Crippen LogP contribution in [0.3, 0.4) is 0 Å². The molecular formula is C9H18N4. The Bertz CT molecular complexity index is 267. The molecule has 13 heavy (non-hydrogen) atoms. The lowest BCUT2D eigenvalue weighted by Crippen LogP contribution is -2.34. The first kappa shape index (κ1) is 10.2. The highest BCUT2D eigenvalue weighted by atomic mass is 15.3. The molecule has 0 aliphatic heterocycles. The number of hydrazine groups is 1. The number of hydrogen-bond acceptors (Lipinski definition) is 3. The largest absolute Gasteiger partial charge is 0.272 e. The molecular weight excluding hydrogens is 164 g/mol. The fourth-order valence-electron chi connectivity index (χ4n) is 1.31. The van der Waals surface area contributed by atoms with E-state index in [-0.39, 0.29) is 0 Å². The molecule has 1 aromatic rings. The lowest BCUT2D eigenvalue weighted by atomic mass is 10.2. The van der Waals surface area contributed by atoms with Gasteiger partial charge in [0.15, 0.2) is 0 Å². The molecule has 0 saturated carbocycles. The van der Waals surface area contributed by atoms with Crippen LogP contribution in [0.4, 0.5) is 0 Å². The summed E-state index contributed by atoms with van der Waals surface area (Å²) in [5.41, 5.74) is 5.09. The normalized spacial score (nSPS) is 13.2. The van der Waals surface area contributed by atoms with E-state index >= 15 is 0 Å². The number of nitrogens with two attached hydrogens (primary N) is 1. The quantitative estimate of drug-likeness (QED) is 0.523. The summed E-state index contributed by atoms with van der Waals surface area (Å²) in [4.78, 5) is 0. The molecule has 0 aromatic carbocycles. The number of aryl methyl sites for hydroxylation is 2. The third kappa shape index (κ3) is 2.54. The predicted molar refractivity (Wildman–Crippen MR) is 53.1 cm³/mol. The highest BCUT2D eigenvalue weighted by Crippen LogP contribution is 2.06. The van der Waals surface area contributed by atoms with Crippen molar-refractivity contribution >= 4 is 0 Å². The molecule has 0 radical (unpaired) electrons. The van der Waals surface area contributed by atoms with E-state index in [1.165, 1.54) is 5.69 Å². The van der Waals surface area contributed by atoms with Crippen LogP contribution in [0.1, 0.15) is 25.2 Å². The van der Waals surface area contributed by atoms with Gasteiger partial charge in [-0.2, -0.15) is 5.10 Å². The van der Waals surface area contributed by atoms with Gasteiger partial charge in [-0.25, -0.2) is 0 Å². The standard InChI is InChI=1S/C9H18N4/c1-4-8-6-9(13(3)12-8)5-7(2)11-10/h6-7,11H,4-5,10H2,1-3H3. The maximum Gasteiger partial charge on any atom is 0.0624 e. The summed E-state index contributed by atoms with van der Waals surface area (Å²) in [6.07, 6.45) is 1.90. The molecule has 1 unspecified atom stereocenters. The van der Waals surface area contributed by atoms with E-state index in [0.29, 0.717) is 6.04 Å². The minimum atomic E-state index is 0.292. The zero-order valence-corrected chi connectivity index (χ0v) is 8.54. The number of rotatable bonds is 4. The van der Waals surface area contributed by atoms with Gasteiger partial charge >= 0.3 is 0 Å². The molecule has 0 aliphatic carbocycles. The van der Waals surface area contributed by atoms with Gasteiger partial charge in [-0.15, -0.1) is 0 Å². The Labute approximate surface area is 79.1 Å². The molecule has 0 aliphatic rings. The third-order valence-corrected chi connectivity index (χ3v) is 2.19. The van der Waals surface area contributed by atoms with E-state index in [1.54, 1.807) is 0 Å². The molecule has 0 fully saturated rings. The van der Waals surface area contributed by atoms with Crippen LogP contribution in [0, 0.1) is 0 Å². The Morgan fingerprint density at radius 1 is 1.69 bits per heavy atom. The highest BCUT2D eigenvalue weighted by molar-refractivity contribution is 5.11. The van der Waals surface area contributed by atoms with E-state index < -0.39 is 0 Å². The molecule has 1 atom stereocenters. The van der Waals surface area contributed by atoms with Crippen LogP contribution in [0.15, 0.2) is 6.07 Å². The first-order valence-electron chi connectivity index (χ1n) is 4.65. The predicted octanol–water partition coefficient (Wildman–Crippen LogP) is 0.377. The molecule has 4 nitrogen and oxygen atoms in total. The Morgan fingerprint density at radius 3 is 2.85 bits per heavy atom. The van der Waals surface area contributed by atoms with Gasteiger partial charge in [0.25, 0.3) is 0 Å². The monoisotopic (exact) mass is 182 g/mol. The van der Waals surface area contributed by atoms with Gasteiger partial charge < -0.3 is 0 Å². The van der Waals surface area contributed by atoms with E-state index in [0.717, 1.165) is 18.5 Å². The van der Waals surface area contributed by atoms with Crippen LogP contribution in [-0.4, -0.2) is 15.8 Å². The van der Waals surface area contributed by atoms with Crippen LogP contribution in [0.5, 0.6) is 0 Å². The highest BCUT2D eigenvalue weighted by Gasteiger charge is 2.06. The van der Waals surface area contributed by atoms with Crippen LogP contribution >= 0.6 is 0 Å². The van der Waals surface area contributed by atoms with Crippen molar-refractivity contribution in [2.75, 3.05) is 0 Å². The fourth-order valence-corrected chi connectivity index (χ4v) is 1.31. The van der Waals surface area contributed by atoms with Gasteiger partial charge in [0.05, 0.1) is 5.69 Å². The molecule has 1 rings (SSSR count). The molecule has 74 valence electrons. The molecule has 1 aromatic heterocycles. The van der Waals surface area contributed by atoms with Crippen LogP contribution in [0.2, 0.25) is 0 Å². The minimum Gasteiger partial charge on any atom is -0.272 e. The summed E-state index contributed by atoms with van der Waals surface area (Å²) in [7, 11) is 1.97. The van der Waals surface area contributed by atoms with Crippen LogP contribution < -0.4 is 11.3 Å². The molecule has 0 bridgehead atoms. The second-order valence-corrected chi connectivity index (χ2v) is 3.38. The molecule has 3 N–H and O–H groups in total. The summed E-state index contributed by atoms with van der Waals surface area (Å²) < 4.78 is 1.92. The number of nitrogens with zero attached hydrogens (tertiary/aromatic N) is 2. The van der Waals surface area contributed by atoms with Gasteiger partial charge in [0.1, 0.15) is 0 Å². The number of hydrogen-bond donors (Lipinski definition) is 2. The van der Waals surface area contributed by atoms with Crippen LogP contribution in [0.25, 0.3) is 0 Å². The van der Waals surface area contributed by atoms with E-state index in [9.17, 15) is 0 Å². The number of aromatic nitrogens is 2. The SMILES string of the molecule is CCc1cc(CC(C)NN)n(C)n1. The van der Waals surface area contributed by atoms with Crippen molar-refractivity contribution in [1.29, 1.82) is 0 Å². The van der Waals surface area contributed by atoms with Crippen molar-refractivity contribution in [1.82, 2.24) is 15.2 Å². The Hall–Kier alpha value is -0.870. The second kappa shape index (κ2) is 4.39. The molecule has 0 spiro atoms. The summed E-state index contributed by atoms with van der Waals surface area (Å²) in [6, 6.07) is 2.42. The Kier molecular flexibility index (Phi) is 3.45. The fraction of sp³-hybridized carbons (Fsp3) is 0.667. The van der Waals surface area contributed by atoms with E-state index in [2.05, 4.69) is 30.4 Å². The van der Waals surface area contributed by atoms with Crippen molar-refractivity contribution in [3.8, 4) is 0 Å². The smallest absolute Gasteiger partial charge is 0.0624 e. The van der Waals surface area contributed by atoms with Crippen LogP contribution in [-0.2, 0) is 19.9 Å². The van der Waals surface area contributed by atoms with E-state index in [4.69, 9.17) is 5.84 Å². The van der Waals surface area contributed by atoms with E-state index in [1.807, 2.05) is 11.7 Å². The summed E-state index contributed by atoms with van der Waals surface area (Å²) >= 11 is 0. The van der Waals surface area contributed by atoms with Crippen molar-refractivity contribution in [2.24, 2.45) is 12.9 Å². The van der Waals surface area contributed by atoms with Crippen molar-refractivity contribution < 1.29 is 0 Å². The zero-order valence-electron chi connectivity index (χ0n) is 8.54. The maximum absolute atomic E-state index is 5.33. The molecule has 4 heteroatoms. The minimum absolute atomic E-state index is 0.292. The molecule has 0 saturated heterocycles. The maximum atomic E-state index is 5.33. The van der Waals surface area contributed by atoms with Gasteiger partial charge in [-0.3, -0.25) is 16.0 Å². The first-order valence-corrected chi connectivity index (χ1v) is 4.65. The average Bonchev–Trinajstić information content (AvgIpc) is 2.47. The summed E-state index contributed by atoms with van der Waals surface area (Å²) in [5.74, 6) is 5.33. The Balaban J connectivity index is 2.70. The van der Waals surface area contributed by atoms with Crippen molar-refractivity contribution in [3.63, 3.8) is 0 Å². The van der Waals surface area contributed by atoms with Gasteiger partial charge in [0.2, 0.25) is 0 Å². The summed E-state index contributed by atoms with van der Waals surface area (Å²) in [5, 5.41) is 4.36. The van der Waals surface area contributed by atoms with Gasteiger partial charge in [-0.1, -0.05) is 6.92 Å². The lowest BCUT2D eigenvalue weighted by molar-refractivity contribution is 0.544. The van der Waals surface area contributed by atoms with Gasteiger partial charge in [0, 0.05) is 25.2 Å². The first-order chi connectivity index (χ1) is 6.17. The topological polar surface area (TPSA) is 55.9 Å². The number of nitrogens with one attached hydrogen (secondary N) is 1. The Morgan fingerprint density at radius 2 is 2.38 bits per heavy atom. The lowest BCUT2D eigenvalue weighted by Gasteiger charge is -2.08. The summed E-state index contributed by atoms with van der Waals surface area (Å²) in [6.45, 7) is 4.16. The average molecular weight is 182 g/mol. The molecule has 0 amide bonds. The second-order valence-electron chi connectivity index (χ2n) is 3.38. The zero-order chi connectivity index (χ0) is 9.84. The third-order valence-electron chi connectivity index (χ3n) is 2.19.